The first-order valence-electron chi connectivity index (χ1n) is 9.01. The molecule has 1 N–H and O–H groups in total. The molecule has 3 heterocycles. The lowest BCUT2D eigenvalue weighted by Gasteiger charge is -2.43. The molecule has 1 aliphatic heterocycles. The van der Waals surface area contributed by atoms with Gasteiger partial charge in [0.25, 0.3) is 11.7 Å². The summed E-state index contributed by atoms with van der Waals surface area (Å²) in [5, 5.41) is 8.44. The van der Waals surface area contributed by atoms with Crippen molar-refractivity contribution in [3.05, 3.63) is 53.6 Å². The van der Waals surface area contributed by atoms with E-state index in [1.54, 1.807) is 23.4 Å². The molecule has 1 saturated carbocycles. The fraction of sp³-hybridized carbons (Fsp3) is 0.250. The number of H-pyrrole nitrogens is 1. The van der Waals surface area contributed by atoms with Gasteiger partial charge in [0.2, 0.25) is 0 Å². The van der Waals surface area contributed by atoms with Crippen LogP contribution in [0.15, 0.2) is 36.7 Å². The highest BCUT2D eigenvalue weighted by atomic mass is 32.1. The number of pyridine rings is 1. The first-order chi connectivity index (χ1) is 13.5. The molecule has 0 atom stereocenters. The Hall–Kier alpha value is -3.31. The van der Waals surface area contributed by atoms with Crippen LogP contribution < -0.4 is 9.80 Å². The zero-order valence-electron chi connectivity index (χ0n) is 15.1. The third kappa shape index (κ3) is 2.14. The van der Waals surface area contributed by atoms with Crippen LogP contribution in [-0.2, 0) is 4.79 Å². The summed E-state index contributed by atoms with van der Waals surface area (Å²) in [6.07, 6.45) is 5.83. The van der Waals surface area contributed by atoms with Crippen molar-refractivity contribution in [2.24, 2.45) is 0 Å². The Morgan fingerprint density at radius 1 is 1.25 bits per heavy atom. The summed E-state index contributed by atoms with van der Waals surface area (Å²) in [5.41, 5.74) is 2.52. The number of nitrogens with one attached hydrogen (secondary N) is 1. The molecule has 1 aliphatic carbocycles. The fourth-order valence-corrected chi connectivity index (χ4v) is 4.54. The van der Waals surface area contributed by atoms with Crippen LogP contribution in [0.25, 0.3) is 15.7 Å². The van der Waals surface area contributed by atoms with Gasteiger partial charge in [0.05, 0.1) is 17.4 Å². The largest absolute Gasteiger partial charge is 0.360 e. The number of anilines is 2. The lowest BCUT2D eigenvalue weighted by atomic mass is 9.75. The van der Waals surface area contributed by atoms with E-state index < -0.39 is 5.54 Å². The molecule has 1 spiro atoms. The Labute approximate surface area is 166 Å². The number of hydrogen-bond acceptors (Lipinski definition) is 4. The number of fused-ring (bicyclic) bond motifs is 1. The van der Waals surface area contributed by atoms with Crippen LogP contribution in [0.5, 0.6) is 0 Å². The van der Waals surface area contributed by atoms with Crippen molar-refractivity contribution in [2.45, 2.75) is 31.7 Å². The third-order valence-corrected chi connectivity index (χ3v) is 6.04. The van der Waals surface area contributed by atoms with Gasteiger partial charge in [-0.1, -0.05) is 6.57 Å². The van der Waals surface area contributed by atoms with Gasteiger partial charge >= 0.3 is 0 Å². The van der Waals surface area contributed by atoms with Gasteiger partial charge in [-0.25, -0.2) is 0 Å². The molecule has 8 heteroatoms. The second-order valence-corrected chi connectivity index (χ2v) is 7.60. The molecule has 0 bridgehead atoms. The molecule has 2 aliphatic rings. The predicted octanol–water partition coefficient (Wildman–Crippen LogP) is 3.88. The van der Waals surface area contributed by atoms with Crippen LogP contribution >= 0.6 is 12.2 Å². The van der Waals surface area contributed by atoms with E-state index in [9.17, 15) is 4.79 Å². The summed E-state index contributed by atoms with van der Waals surface area (Å²) in [5.74, 6) is 0.315. The Morgan fingerprint density at radius 3 is 2.75 bits per heavy atom. The van der Waals surface area contributed by atoms with Crippen molar-refractivity contribution in [1.82, 2.24) is 15.2 Å². The first kappa shape index (κ1) is 16.8. The number of aryl methyl sites for hydroxylation is 1. The van der Waals surface area contributed by atoms with Crippen molar-refractivity contribution >= 4 is 51.3 Å². The summed E-state index contributed by atoms with van der Waals surface area (Å²) in [6, 6.07) is 7.73. The Kier molecular flexibility index (Phi) is 3.51. The van der Waals surface area contributed by atoms with Crippen molar-refractivity contribution in [1.29, 1.82) is 0 Å². The van der Waals surface area contributed by atoms with E-state index in [-0.39, 0.29) is 5.91 Å². The number of benzene rings is 1. The van der Waals surface area contributed by atoms with Crippen LogP contribution in [0.1, 0.15) is 24.8 Å². The van der Waals surface area contributed by atoms with Crippen molar-refractivity contribution in [2.75, 3.05) is 9.80 Å². The lowest BCUT2D eigenvalue weighted by Crippen LogP contribution is -2.55. The maximum Gasteiger partial charge on any atom is 0.272 e. The van der Waals surface area contributed by atoms with Gasteiger partial charge in [-0.15, -0.1) is 4.98 Å². The van der Waals surface area contributed by atoms with Crippen LogP contribution in [0, 0.1) is 13.5 Å². The standard InChI is InChI=1S/C20H16N6OS/c1-12-8-15(11-22-17(12)21-2)25-18(27)20(6-3-7-20)26(19(25)28)14-4-5-16-13(9-14)10-23-24-16/h4-5,8-11H,3,6-7H2,1H3,(H,23,24). The minimum Gasteiger partial charge on any atom is -0.360 e. The molecular weight excluding hydrogens is 372 g/mol. The molecule has 2 fully saturated rings. The van der Waals surface area contributed by atoms with E-state index in [2.05, 4.69) is 20.0 Å². The highest BCUT2D eigenvalue weighted by molar-refractivity contribution is 7.81. The van der Waals surface area contributed by atoms with E-state index in [4.69, 9.17) is 18.8 Å². The summed E-state index contributed by atoms with van der Waals surface area (Å²) < 4.78 is 0. The van der Waals surface area contributed by atoms with E-state index in [0.29, 0.717) is 16.6 Å². The average molecular weight is 388 g/mol. The number of thiocarbonyl (C=S) groups is 1. The lowest BCUT2D eigenvalue weighted by molar-refractivity contribution is -0.123. The zero-order chi connectivity index (χ0) is 19.5. The SMILES string of the molecule is [C-]#[N+]c1ncc(N2C(=O)C3(CCC3)N(c3ccc4[nH]ncc4c3)C2=S)cc1C. The minimum atomic E-state index is -0.638. The number of aromatic nitrogens is 3. The summed E-state index contributed by atoms with van der Waals surface area (Å²) in [4.78, 5) is 24.6. The summed E-state index contributed by atoms with van der Waals surface area (Å²) in [7, 11) is 0. The first-order valence-corrected chi connectivity index (χ1v) is 9.42. The number of hydrogen-bond donors (Lipinski definition) is 1. The number of carbonyl (C=O) groups excluding carboxylic acids is 1. The van der Waals surface area contributed by atoms with Crippen LogP contribution in [-0.4, -0.2) is 31.7 Å². The van der Waals surface area contributed by atoms with Crippen LogP contribution in [0.4, 0.5) is 17.2 Å². The molecule has 3 aromatic rings. The molecule has 2 aromatic heterocycles. The van der Waals surface area contributed by atoms with E-state index in [1.165, 1.54) is 0 Å². The molecule has 138 valence electrons. The van der Waals surface area contributed by atoms with Gasteiger partial charge < -0.3 is 9.74 Å². The van der Waals surface area contributed by atoms with E-state index >= 15 is 0 Å². The van der Waals surface area contributed by atoms with Crippen molar-refractivity contribution < 1.29 is 4.79 Å². The predicted molar refractivity (Wildman–Crippen MR) is 110 cm³/mol. The third-order valence-electron chi connectivity index (χ3n) is 5.67. The molecule has 0 unspecified atom stereocenters. The fourth-order valence-electron chi connectivity index (χ4n) is 4.07. The average Bonchev–Trinajstić information content (AvgIpc) is 3.20. The summed E-state index contributed by atoms with van der Waals surface area (Å²) in [6.45, 7) is 9.00. The molecule has 5 rings (SSSR count). The molecule has 1 aromatic carbocycles. The number of nitrogens with zero attached hydrogens (tertiary/aromatic N) is 5. The van der Waals surface area contributed by atoms with Gasteiger partial charge in [-0.2, -0.15) is 5.10 Å². The van der Waals surface area contributed by atoms with Crippen molar-refractivity contribution in [3.8, 4) is 0 Å². The minimum absolute atomic E-state index is 0.0206. The normalized spacial score (nSPS) is 18.0. The molecule has 1 amide bonds. The Bertz CT molecular complexity index is 1190. The number of carbonyl (C=O) groups is 1. The quantitative estimate of drug-likeness (QED) is 0.533. The second-order valence-electron chi connectivity index (χ2n) is 7.23. The van der Waals surface area contributed by atoms with Gasteiger partial charge in [-0.05, 0) is 68.2 Å². The van der Waals surface area contributed by atoms with Gasteiger partial charge in [0.15, 0.2) is 5.11 Å². The maximum atomic E-state index is 13.5. The van der Waals surface area contributed by atoms with Crippen LogP contribution in [0.2, 0.25) is 0 Å². The molecular formula is C20H16N6OS. The molecule has 1 saturated heterocycles. The summed E-state index contributed by atoms with van der Waals surface area (Å²) >= 11 is 5.78. The van der Waals surface area contributed by atoms with Gasteiger partial charge in [-0.3, -0.25) is 14.8 Å². The molecule has 0 radical (unpaired) electrons. The monoisotopic (exact) mass is 388 g/mol. The van der Waals surface area contributed by atoms with E-state index in [1.807, 2.05) is 30.0 Å². The van der Waals surface area contributed by atoms with Gasteiger partial charge in [0.1, 0.15) is 11.7 Å². The second kappa shape index (κ2) is 5.84. The van der Waals surface area contributed by atoms with Crippen molar-refractivity contribution in [3.63, 3.8) is 0 Å². The topological polar surface area (TPSA) is 69.5 Å². The Morgan fingerprint density at radius 2 is 2.07 bits per heavy atom. The number of aromatic amines is 1. The number of amides is 1. The highest BCUT2D eigenvalue weighted by Crippen LogP contribution is 2.48. The number of rotatable bonds is 2. The maximum absolute atomic E-state index is 13.5. The van der Waals surface area contributed by atoms with Crippen LogP contribution in [0.3, 0.4) is 0 Å². The van der Waals surface area contributed by atoms with E-state index in [0.717, 1.165) is 41.4 Å². The molecule has 7 nitrogen and oxygen atoms in total. The zero-order valence-corrected chi connectivity index (χ0v) is 16.0. The highest BCUT2D eigenvalue weighted by Gasteiger charge is 2.59. The van der Waals surface area contributed by atoms with Gasteiger partial charge in [0, 0.05) is 11.1 Å². The Balaban J connectivity index is 1.62. The smallest absolute Gasteiger partial charge is 0.272 e. The molecule has 28 heavy (non-hydrogen) atoms.